The van der Waals surface area contributed by atoms with Gasteiger partial charge in [-0.15, -0.1) is 0 Å². The Bertz CT molecular complexity index is 794. The molecule has 0 radical (unpaired) electrons. The van der Waals surface area contributed by atoms with E-state index in [1.165, 1.54) is 24.3 Å². The number of nitrogens with zero attached hydrogens (tertiary/aromatic N) is 2. The number of benzene rings is 2. The molecule has 0 amide bonds. The summed E-state index contributed by atoms with van der Waals surface area (Å²) in [6, 6.07) is 9.12. The summed E-state index contributed by atoms with van der Waals surface area (Å²) in [5.74, 6) is -0.796. The third-order valence-electron chi connectivity index (χ3n) is 3.69. The van der Waals surface area contributed by atoms with Crippen LogP contribution in [0.25, 0.3) is 0 Å². The molecule has 0 saturated heterocycles. The highest BCUT2D eigenvalue weighted by Crippen LogP contribution is 2.18. The van der Waals surface area contributed by atoms with Crippen LogP contribution in [0.2, 0.25) is 0 Å². The van der Waals surface area contributed by atoms with E-state index < -0.39 is 22.6 Å². The maximum Gasteiger partial charge on any atom is 0.269 e. The normalized spacial score (nSPS) is 12.5. The molecule has 2 N–H and O–H groups in total. The van der Waals surface area contributed by atoms with Crippen LogP contribution >= 0.6 is 0 Å². The predicted octanol–water partition coefficient (Wildman–Crippen LogP) is 3.69. The van der Waals surface area contributed by atoms with Crippen molar-refractivity contribution in [2.75, 3.05) is 6.54 Å². The van der Waals surface area contributed by atoms with Crippen molar-refractivity contribution in [1.29, 1.82) is 0 Å². The van der Waals surface area contributed by atoms with Gasteiger partial charge in [0, 0.05) is 30.3 Å². The second-order valence-corrected chi connectivity index (χ2v) is 5.65. The molecule has 6 nitrogen and oxygen atoms in total. The second kappa shape index (κ2) is 8.89. The van der Waals surface area contributed by atoms with Gasteiger partial charge in [0.05, 0.1) is 17.5 Å². The molecule has 2 rings (SSSR count). The van der Waals surface area contributed by atoms with E-state index in [4.69, 9.17) is 0 Å². The Hall–Kier alpha value is -3.03. The molecule has 0 aromatic heterocycles. The monoisotopic (exact) mass is 362 g/mol. The minimum Gasteiger partial charge on any atom is -0.357 e. The van der Waals surface area contributed by atoms with Crippen molar-refractivity contribution in [2.45, 2.75) is 26.4 Å². The van der Waals surface area contributed by atoms with Gasteiger partial charge in [0.2, 0.25) is 0 Å². The number of nitrogens with one attached hydrogen (secondary N) is 2. The average Bonchev–Trinajstić information content (AvgIpc) is 2.60. The molecular formula is C18H20F2N4O2. The fraction of sp³-hybridized carbons (Fsp3) is 0.278. The van der Waals surface area contributed by atoms with Crippen LogP contribution in [0.15, 0.2) is 47.5 Å². The van der Waals surface area contributed by atoms with Crippen LogP contribution in [0.5, 0.6) is 0 Å². The SMILES string of the molecule is CCNC(=NCc1ccc([N+](=O)[O-])cc1)NC(C)c1ccc(F)cc1F. The predicted molar refractivity (Wildman–Crippen MR) is 95.8 cm³/mol. The molecule has 26 heavy (non-hydrogen) atoms. The van der Waals surface area contributed by atoms with E-state index in [9.17, 15) is 18.9 Å². The fourth-order valence-corrected chi connectivity index (χ4v) is 2.35. The zero-order valence-electron chi connectivity index (χ0n) is 14.5. The number of non-ortho nitro benzene ring substituents is 1. The highest BCUT2D eigenvalue weighted by atomic mass is 19.1. The number of guanidine groups is 1. The van der Waals surface area contributed by atoms with Gasteiger partial charge in [0.1, 0.15) is 11.6 Å². The van der Waals surface area contributed by atoms with Crippen LogP contribution in [-0.2, 0) is 6.54 Å². The Labute approximate surface area is 150 Å². The first-order valence-corrected chi connectivity index (χ1v) is 8.13. The zero-order valence-corrected chi connectivity index (χ0v) is 14.5. The van der Waals surface area contributed by atoms with E-state index in [0.717, 1.165) is 11.6 Å². The number of nitro benzene ring substituents is 1. The number of hydrogen-bond donors (Lipinski definition) is 2. The van der Waals surface area contributed by atoms with Gasteiger partial charge in [-0.3, -0.25) is 10.1 Å². The minimum absolute atomic E-state index is 0.0168. The molecule has 0 aliphatic rings. The molecule has 0 bridgehead atoms. The van der Waals surface area contributed by atoms with Gasteiger partial charge >= 0.3 is 0 Å². The highest BCUT2D eigenvalue weighted by molar-refractivity contribution is 5.80. The van der Waals surface area contributed by atoms with Gasteiger partial charge in [0.25, 0.3) is 5.69 Å². The van der Waals surface area contributed by atoms with Crippen LogP contribution in [0.3, 0.4) is 0 Å². The molecule has 1 atom stereocenters. The second-order valence-electron chi connectivity index (χ2n) is 5.65. The number of nitro groups is 1. The number of aliphatic imine (C=N–C) groups is 1. The van der Waals surface area contributed by atoms with Crippen molar-refractivity contribution in [3.63, 3.8) is 0 Å². The van der Waals surface area contributed by atoms with Crippen LogP contribution in [0.4, 0.5) is 14.5 Å². The molecule has 8 heteroatoms. The minimum atomic E-state index is -0.629. The van der Waals surface area contributed by atoms with Gasteiger partial charge in [0.15, 0.2) is 5.96 Å². The lowest BCUT2D eigenvalue weighted by Gasteiger charge is -2.18. The molecule has 2 aromatic carbocycles. The van der Waals surface area contributed by atoms with Crippen LogP contribution in [-0.4, -0.2) is 17.4 Å². The molecule has 0 heterocycles. The number of hydrogen-bond acceptors (Lipinski definition) is 3. The average molecular weight is 362 g/mol. The maximum atomic E-state index is 13.9. The van der Waals surface area contributed by atoms with Gasteiger partial charge in [-0.25, -0.2) is 13.8 Å². The summed E-state index contributed by atoms with van der Waals surface area (Å²) in [5, 5.41) is 16.8. The van der Waals surface area contributed by atoms with E-state index in [-0.39, 0.29) is 5.69 Å². The smallest absolute Gasteiger partial charge is 0.269 e. The molecule has 0 aliphatic heterocycles. The van der Waals surface area contributed by atoms with Crippen molar-refractivity contribution >= 4 is 11.6 Å². The van der Waals surface area contributed by atoms with Gasteiger partial charge in [-0.05, 0) is 25.5 Å². The molecule has 2 aromatic rings. The lowest BCUT2D eigenvalue weighted by molar-refractivity contribution is -0.384. The van der Waals surface area contributed by atoms with Gasteiger partial charge in [-0.1, -0.05) is 18.2 Å². The van der Waals surface area contributed by atoms with Crippen molar-refractivity contribution in [3.8, 4) is 0 Å². The topological polar surface area (TPSA) is 79.6 Å². The number of halogens is 2. The van der Waals surface area contributed by atoms with E-state index in [1.54, 1.807) is 19.1 Å². The van der Waals surface area contributed by atoms with Crippen molar-refractivity contribution in [1.82, 2.24) is 10.6 Å². The van der Waals surface area contributed by atoms with E-state index in [2.05, 4.69) is 15.6 Å². The largest absolute Gasteiger partial charge is 0.357 e. The quantitative estimate of drug-likeness (QED) is 0.355. The first-order valence-electron chi connectivity index (χ1n) is 8.13. The first-order chi connectivity index (χ1) is 12.4. The van der Waals surface area contributed by atoms with Crippen LogP contribution in [0, 0.1) is 21.7 Å². The molecule has 0 saturated carbocycles. The molecule has 0 fully saturated rings. The van der Waals surface area contributed by atoms with Crippen molar-refractivity contribution in [3.05, 3.63) is 75.3 Å². The van der Waals surface area contributed by atoms with E-state index in [0.29, 0.717) is 24.6 Å². The summed E-state index contributed by atoms with van der Waals surface area (Å²) in [7, 11) is 0. The maximum absolute atomic E-state index is 13.9. The summed E-state index contributed by atoms with van der Waals surface area (Å²) in [6.45, 7) is 4.54. The van der Waals surface area contributed by atoms with Crippen LogP contribution < -0.4 is 10.6 Å². The standard InChI is InChI=1S/C18H20F2N4O2/c1-3-21-18(22-11-13-4-7-15(8-5-13)24(25)26)23-12(2)16-9-6-14(19)10-17(16)20/h4-10,12H,3,11H2,1-2H3,(H2,21,22,23). The Morgan fingerprint density at radius 3 is 2.50 bits per heavy atom. The van der Waals surface area contributed by atoms with Crippen molar-refractivity contribution in [2.24, 2.45) is 4.99 Å². The lowest BCUT2D eigenvalue weighted by Crippen LogP contribution is -2.39. The molecule has 1 unspecified atom stereocenters. The summed E-state index contributed by atoms with van der Waals surface area (Å²) in [4.78, 5) is 14.6. The molecule has 0 aliphatic carbocycles. The third-order valence-corrected chi connectivity index (χ3v) is 3.69. The lowest BCUT2D eigenvalue weighted by atomic mass is 10.1. The highest BCUT2D eigenvalue weighted by Gasteiger charge is 2.13. The zero-order chi connectivity index (χ0) is 19.1. The van der Waals surface area contributed by atoms with Gasteiger partial charge < -0.3 is 10.6 Å². The summed E-state index contributed by atoms with van der Waals surface area (Å²) >= 11 is 0. The van der Waals surface area contributed by atoms with Crippen molar-refractivity contribution < 1.29 is 13.7 Å². The molecular weight excluding hydrogens is 342 g/mol. The van der Waals surface area contributed by atoms with E-state index in [1.807, 2.05) is 6.92 Å². The molecule has 138 valence electrons. The third kappa shape index (κ3) is 5.23. The summed E-state index contributed by atoms with van der Waals surface area (Å²) < 4.78 is 26.9. The molecule has 0 spiro atoms. The van der Waals surface area contributed by atoms with Crippen LogP contribution in [0.1, 0.15) is 31.0 Å². The summed E-state index contributed by atoms with van der Waals surface area (Å²) in [5.41, 5.74) is 1.14. The van der Waals surface area contributed by atoms with E-state index >= 15 is 0 Å². The number of rotatable bonds is 6. The first kappa shape index (κ1) is 19.3. The summed E-state index contributed by atoms with van der Waals surface area (Å²) in [6.07, 6.45) is 0. The Morgan fingerprint density at radius 2 is 1.92 bits per heavy atom. The Kier molecular flexibility index (Phi) is 6.60. The fourth-order valence-electron chi connectivity index (χ4n) is 2.35. The Balaban J connectivity index is 2.09. The van der Waals surface area contributed by atoms with Gasteiger partial charge in [-0.2, -0.15) is 0 Å². The Morgan fingerprint density at radius 1 is 1.23 bits per heavy atom.